The van der Waals surface area contributed by atoms with Crippen LogP contribution in [0.2, 0.25) is 0 Å². The molecule has 2 heterocycles. The molecule has 2 aliphatic heterocycles. The molecule has 27 heavy (non-hydrogen) atoms. The summed E-state index contributed by atoms with van der Waals surface area (Å²) in [5.74, 6) is 0. The molecule has 0 spiro atoms. The van der Waals surface area contributed by atoms with Gasteiger partial charge in [-0.25, -0.2) is 4.79 Å². The van der Waals surface area contributed by atoms with E-state index in [0.717, 1.165) is 39.3 Å². The Morgan fingerprint density at radius 2 is 1.30 bits per heavy atom. The van der Waals surface area contributed by atoms with E-state index >= 15 is 0 Å². The second-order valence-corrected chi connectivity index (χ2v) is 9.29. The second kappa shape index (κ2) is 9.54. The van der Waals surface area contributed by atoms with E-state index in [2.05, 4.69) is 42.8 Å². The first-order chi connectivity index (χ1) is 12.5. The number of carbonyl (C=O) groups excluding carboxylic acids is 1. The number of rotatable bonds is 5. The average Bonchev–Trinajstić information content (AvgIpc) is 2.42. The standard InChI is InChI=1S/C20H39N3O4/c1-14-8-22(9-15(2)25-14)12-18(21-19(24)27-20(5,6)7)13-23-10-16(3)26-17(4)11-23/h14-18H,8-13H2,1-7H3,(H,21,24)/t14-,15-,16+,17+,18?. The van der Waals surface area contributed by atoms with Gasteiger partial charge in [0.05, 0.1) is 30.5 Å². The molecule has 1 N–H and O–H groups in total. The number of nitrogens with zero attached hydrogens (tertiary/aromatic N) is 2. The molecule has 1 amide bonds. The number of alkyl carbamates (subject to hydrolysis) is 1. The first-order valence-electron chi connectivity index (χ1n) is 10.3. The van der Waals surface area contributed by atoms with Crippen LogP contribution in [0.25, 0.3) is 0 Å². The van der Waals surface area contributed by atoms with Crippen LogP contribution in [0, 0.1) is 0 Å². The van der Waals surface area contributed by atoms with Crippen LogP contribution >= 0.6 is 0 Å². The zero-order valence-corrected chi connectivity index (χ0v) is 18.2. The van der Waals surface area contributed by atoms with Gasteiger partial charge in [-0.1, -0.05) is 0 Å². The van der Waals surface area contributed by atoms with E-state index in [-0.39, 0.29) is 36.6 Å². The molecule has 2 fully saturated rings. The van der Waals surface area contributed by atoms with Crippen molar-refractivity contribution in [3.63, 3.8) is 0 Å². The Hall–Kier alpha value is -0.890. The first kappa shape index (κ1) is 22.4. The molecule has 5 atom stereocenters. The predicted octanol–water partition coefficient (Wildman–Crippen LogP) is 2.10. The molecule has 1 unspecified atom stereocenters. The van der Waals surface area contributed by atoms with Crippen LogP contribution in [0.4, 0.5) is 4.79 Å². The van der Waals surface area contributed by atoms with Crippen LogP contribution in [0.5, 0.6) is 0 Å². The summed E-state index contributed by atoms with van der Waals surface area (Å²) in [7, 11) is 0. The summed E-state index contributed by atoms with van der Waals surface area (Å²) in [6.07, 6.45) is 0.480. The van der Waals surface area contributed by atoms with Crippen LogP contribution in [-0.2, 0) is 14.2 Å². The number of morpholine rings is 2. The molecule has 2 aliphatic rings. The number of hydrogen-bond donors (Lipinski definition) is 1. The Kier molecular flexibility index (Phi) is 7.92. The Bertz CT molecular complexity index is 434. The van der Waals surface area contributed by atoms with Gasteiger partial charge < -0.3 is 19.5 Å². The first-order valence-corrected chi connectivity index (χ1v) is 10.3. The fourth-order valence-corrected chi connectivity index (χ4v) is 4.11. The molecule has 0 radical (unpaired) electrons. The minimum Gasteiger partial charge on any atom is -0.444 e. The van der Waals surface area contributed by atoms with E-state index in [9.17, 15) is 4.79 Å². The van der Waals surface area contributed by atoms with E-state index in [1.165, 1.54) is 0 Å². The van der Waals surface area contributed by atoms with Crippen molar-refractivity contribution < 1.29 is 19.0 Å². The Balaban J connectivity index is 1.99. The smallest absolute Gasteiger partial charge is 0.407 e. The van der Waals surface area contributed by atoms with E-state index in [1.807, 2.05) is 20.8 Å². The van der Waals surface area contributed by atoms with Crippen LogP contribution in [0.3, 0.4) is 0 Å². The third-order valence-electron chi connectivity index (χ3n) is 4.67. The summed E-state index contributed by atoms with van der Waals surface area (Å²) in [4.78, 5) is 17.2. The third-order valence-corrected chi connectivity index (χ3v) is 4.67. The van der Waals surface area contributed by atoms with Gasteiger partial charge in [-0.2, -0.15) is 0 Å². The number of hydrogen-bond acceptors (Lipinski definition) is 6. The van der Waals surface area contributed by atoms with Crippen molar-refractivity contribution in [3.8, 4) is 0 Å². The maximum Gasteiger partial charge on any atom is 0.407 e. The lowest BCUT2D eigenvalue weighted by Gasteiger charge is -2.40. The molecule has 0 aliphatic carbocycles. The summed E-state index contributed by atoms with van der Waals surface area (Å²) in [6.45, 7) is 19.2. The number of carbonyl (C=O) groups is 1. The van der Waals surface area contributed by atoms with Crippen LogP contribution in [0.1, 0.15) is 48.5 Å². The Morgan fingerprint density at radius 1 is 0.926 bits per heavy atom. The minimum atomic E-state index is -0.501. The Labute approximate surface area is 164 Å². The highest BCUT2D eigenvalue weighted by molar-refractivity contribution is 5.68. The third kappa shape index (κ3) is 8.34. The van der Waals surface area contributed by atoms with Gasteiger partial charge in [0.15, 0.2) is 0 Å². The summed E-state index contributed by atoms with van der Waals surface area (Å²) in [5.41, 5.74) is -0.501. The summed E-state index contributed by atoms with van der Waals surface area (Å²) in [6, 6.07) is -0.00477. The van der Waals surface area contributed by atoms with Crippen LogP contribution in [0.15, 0.2) is 0 Å². The molecular weight excluding hydrogens is 346 g/mol. The van der Waals surface area contributed by atoms with Crippen LogP contribution in [-0.4, -0.2) is 91.2 Å². The minimum absolute atomic E-state index is 0.00477. The molecule has 2 saturated heterocycles. The van der Waals surface area contributed by atoms with E-state index < -0.39 is 5.60 Å². The van der Waals surface area contributed by atoms with Crippen molar-refractivity contribution in [3.05, 3.63) is 0 Å². The SMILES string of the molecule is C[C@@H]1CN(CC(CN2C[C@H](C)O[C@@H](C)C2)NC(=O)OC(C)(C)C)C[C@@H](C)O1. The molecule has 2 rings (SSSR count). The predicted molar refractivity (Wildman–Crippen MR) is 106 cm³/mol. The molecule has 7 heteroatoms. The van der Waals surface area contributed by atoms with Crippen molar-refractivity contribution in [1.29, 1.82) is 0 Å². The maximum absolute atomic E-state index is 12.4. The highest BCUT2D eigenvalue weighted by Gasteiger charge is 2.29. The van der Waals surface area contributed by atoms with Crippen LogP contribution < -0.4 is 5.32 Å². The fourth-order valence-electron chi connectivity index (χ4n) is 4.11. The van der Waals surface area contributed by atoms with Gasteiger partial charge in [0.2, 0.25) is 0 Å². The lowest BCUT2D eigenvalue weighted by molar-refractivity contribution is -0.0790. The van der Waals surface area contributed by atoms with Crippen molar-refractivity contribution in [1.82, 2.24) is 15.1 Å². The highest BCUT2D eigenvalue weighted by atomic mass is 16.6. The average molecular weight is 386 g/mol. The van der Waals surface area contributed by atoms with Crippen molar-refractivity contribution in [2.45, 2.75) is 84.5 Å². The van der Waals surface area contributed by atoms with Crippen molar-refractivity contribution >= 4 is 6.09 Å². The fraction of sp³-hybridized carbons (Fsp3) is 0.950. The van der Waals surface area contributed by atoms with Crippen molar-refractivity contribution in [2.24, 2.45) is 0 Å². The molecule has 0 aromatic heterocycles. The van der Waals surface area contributed by atoms with Gasteiger partial charge in [0.25, 0.3) is 0 Å². The molecule has 0 aromatic carbocycles. The lowest BCUT2D eigenvalue weighted by Crippen LogP contribution is -2.57. The summed E-state index contributed by atoms with van der Waals surface area (Å²) in [5, 5.41) is 3.10. The highest BCUT2D eigenvalue weighted by Crippen LogP contribution is 2.15. The zero-order chi connectivity index (χ0) is 20.2. The van der Waals surface area contributed by atoms with E-state index in [4.69, 9.17) is 14.2 Å². The van der Waals surface area contributed by atoms with E-state index in [0.29, 0.717) is 0 Å². The molecule has 0 saturated carbocycles. The van der Waals surface area contributed by atoms with Gasteiger partial charge in [-0.05, 0) is 48.5 Å². The van der Waals surface area contributed by atoms with Gasteiger partial charge in [0, 0.05) is 39.3 Å². The Morgan fingerprint density at radius 3 is 1.63 bits per heavy atom. The monoisotopic (exact) mass is 385 g/mol. The zero-order valence-electron chi connectivity index (χ0n) is 18.2. The largest absolute Gasteiger partial charge is 0.444 e. The molecular formula is C20H39N3O4. The molecule has 0 bridgehead atoms. The number of amides is 1. The summed E-state index contributed by atoms with van der Waals surface area (Å²) >= 11 is 0. The lowest BCUT2D eigenvalue weighted by atomic mass is 10.1. The summed E-state index contributed by atoms with van der Waals surface area (Å²) < 4.78 is 17.2. The number of ether oxygens (including phenoxy) is 3. The maximum atomic E-state index is 12.4. The van der Waals surface area contributed by atoms with Crippen molar-refractivity contribution in [2.75, 3.05) is 39.3 Å². The van der Waals surface area contributed by atoms with Gasteiger partial charge >= 0.3 is 6.09 Å². The van der Waals surface area contributed by atoms with E-state index in [1.54, 1.807) is 0 Å². The normalized spacial score (nSPS) is 32.1. The second-order valence-electron chi connectivity index (χ2n) is 9.29. The van der Waals surface area contributed by atoms with Gasteiger partial charge in [-0.15, -0.1) is 0 Å². The molecule has 0 aromatic rings. The quantitative estimate of drug-likeness (QED) is 0.782. The molecule has 7 nitrogen and oxygen atoms in total. The topological polar surface area (TPSA) is 63.3 Å². The molecule has 158 valence electrons. The number of nitrogens with one attached hydrogen (secondary N) is 1. The van der Waals surface area contributed by atoms with Gasteiger partial charge in [-0.3, -0.25) is 9.80 Å². The van der Waals surface area contributed by atoms with Gasteiger partial charge in [0.1, 0.15) is 5.60 Å².